The second-order valence-corrected chi connectivity index (χ2v) is 6.03. The number of β-lactam (4-membered cyclic amide) rings is 1. The molecular formula is C20H23NO2. The fourth-order valence-corrected chi connectivity index (χ4v) is 3.18. The summed E-state index contributed by atoms with van der Waals surface area (Å²) in [6.45, 7) is 2.57. The van der Waals surface area contributed by atoms with Crippen LogP contribution in [-0.4, -0.2) is 17.0 Å². The van der Waals surface area contributed by atoms with Crippen molar-refractivity contribution < 1.29 is 9.63 Å². The van der Waals surface area contributed by atoms with Crippen molar-refractivity contribution in [3.05, 3.63) is 71.8 Å². The molecule has 1 fully saturated rings. The topological polar surface area (TPSA) is 29.5 Å². The number of hydroxylamine groups is 2. The smallest absolute Gasteiger partial charge is 0.251 e. The number of nitrogens with zero attached hydrogens (tertiary/aromatic N) is 1. The van der Waals surface area contributed by atoms with Crippen LogP contribution in [-0.2, 0) is 22.7 Å². The first-order valence-electron chi connectivity index (χ1n) is 8.33. The van der Waals surface area contributed by atoms with E-state index in [0.29, 0.717) is 6.61 Å². The maximum absolute atomic E-state index is 12.4. The third-order valence-electron chi connectivity index (χ3n) is 4.52. The molecule has 120 valence electrons. The molecule has 3 nitrogen and oxygen atoms in total. The van der Waals surface area contributed by atoms with E-state index in [4.69, 9.17) is 4.84 Å². The van der Waals surface area contributed by atoms with Crippen molar-refractivity contribution >= 4 is 5.91 Å². The van der Waals surface area contributed by atoms with Crippen LogP contribution in [0.1, 0.15) is 30.9 Å². The molecule has 2 aromatic carbocycles. The van der Waals surface area contributed by atoms with Crippen LogP contribution in [0.2, 0.25) is 0 Å². The number of carbonyl (C=O) groups excluding carboxylic acids is 1. The van der Waals surface area contributed by atoms with Gasteiger partial charge in [0.15, 0.2) is 0 Å². The highest BCUT2D eigenvalue weighted by Gasteiger charge is 2.46. The summed E-state index contributed by atoms with van der Waals surface area (Å²) < 4.78 is 0. The molecule has 0 bridgehead atoms. The molecule has 2 aromatic rings. The fourth-order valence-electron chi connectivity index (χ4n) is 3.18. The molecule has 0 radical (unpaired) electrons. The third kappa shape index (κ3) is 3.62. The van der Waals surface area contributed by atoms with E-state index in [1.54, 1.807) is 5.06 Å². The molecule has 1 heterocycles. The summed E-state index contributed by atoms with van der Waals surface area (Å²) >= 11 is 0. The molecule has 1 amide bonds. The quantitative estimate of drug-likeness (QED) is 0.724. The van der Waals surface area contributed by atoms with E-state index in [-0.39, 0.29) is 17.9 Å². The van der Waals surface area contributed by atoms with E-state index in [1.165, 1.54) is 5.56 Å². The Kier molecular flexibility index (Phi) is 5.09. The maximum Gasteiger partial charge on any atom is 0.251 e. The Balaban J connectivity index is 1.53. The van der Waals surface area contributed by atoms with Gasteiger partial charge >= 0.3 is 0 Å². The second kappa shape index (κ2) is 7.42. The zero-order chi connectivity index (χ0) is 16.1. The molecular weight excluding hydrogens is 286 g/mol. The summed E-state index contributed by atoms with van der Waals surface area (Å²) in [5.74, 6) is 0.222. The van der Waals surface area contributed by atoms with Crippen LogP contribution in [0.25, 0.3) is 0 Å². The van der Waals surface area contributed by atoms with Crippen molar-refractivity contribution in [2.75, 3.05) is 0 Å². The maximum atomic E-state index is 12.4. The van der Waals surface area contributed by atoms with Gasteiger partial charge in [-0.15, -0.1) is 0 Å². The Labute approximate surface area is 137 Å². The summed E-state index contributed by atoms with van der Waals surface area (Å²) in [4.78, 5) is 18.1. The minimum Gasteiger partial charge on any atom is -0.272 e. The van der Waals surface area contributed by atoms with E-state index >= 15 is 0 Å². The van der Waals surface area contributed by atoms with E-state index < -0.39 is 0 Å². The molecule has 1 aliphatic heterocycles. The molecule has 0 aliphatic carbocycles. The summed E-state index contributed by atoms with van der Waals surface area (Å²) in [6.07, 6.45) is 2.77. The number of rotatable bonds is 7. The summed E-state index contributed by atoms with van der Waals surface area (Å²) in [7, 11) is 0. The number of amides is 1. The van der Waals surface area contributed by atoms with Crippen LogP contribution in [0.5, 0.6) is 0 Å². The van der Waals surface area contributed by atoms with E-state index in [9.17, 15) is 4.79 Å². The van der Waals surface area contributed by atoms with Crippen molar-refractivity contribution in [3.63, 3.8) is 0 Å². The van der Waals surface area contributed by atoms with Gasteiger partial charge in [0.25, 0.3) is 5.91 Å². The average Bonchev–Trinajstić information content (AvgIpc) is 2.61. The lowest BCUT2D eigenvalue weighted by Crippen LogP contribution is -2.60. The SMILES string of the molecule is CC[C@@H]1[C@@H](CCc2ccccc2)C(=O)N1OCc1ccccc1. The predicted molar refractivity (Wildman–Crippen MR) is 90.4 cm³/mol. The lowest BCUT2D eigenvalue weighted by molar-refractivity contribution is -0.249. The van der Waals surface area contributed by atoms with Gasteiger partial charge < -0.3 is 0 Å². The number of hydrogen-bond donors (Lipinski definition) is 0. The molecule has 1 aliphatic rings. The summed E-state index contributed by atoms with van der Waals surface area (Å²) in [6, 6.07) is 20.5. The van der Waals surface area contributed by atoms with Crippen LogP contribution in [0.15, 0.2) is 60.7 Å². The minimum absolute atomic E-state index is 0.0935. The Hall–Kier alpha value is -2.13. The van der Waals surface area contributed by atoms with Crippen molar-refractivity contribution in [2.45, 2.75) is 38.8 Å². The molecule has 0 spiro atoms. The minimum atomic E-state index is 0.0935. The van der Waals surface area contributed by atoms with Gasteiger partial charge in [-0.1, -0.05) is 67.6 Å². The van der Waals surface area contributed by atoms with Crippen molar-refractivity contribution in [1.29, 1.82) is 0 Å². The van der Waals surface area contributed by atoms with Gasteiger partial charge in [0, 0.05) is 0 Å². The molecule has 0 unspecified atom stereocenters. The second-order valence-electron chi connectivity index (χ2n) is 6.03. The van der Waals surface area contributed by atoms with Gasteiger partial charge in [-0.05, 0) is 30.4 Å². The van der Waals surface area contributed by atoms with Crippen molar-refractivity contribution in [1.82, 2.24) is 5.06 Å². The fraction of sp³-hybridized carbons (Fsp3) is 0.350. The average molecular weight is 309 g/mol. The molecule has 3 rings (SSSR count). The van der Waals surface area contributed by atoms with Crippen LogP contribution >= 0.6 is 0 Å². The monoisotopic (exact) mass is 309 g/mol. The van der Waals surface area contributed by atoms with Crippen molar-refractivity contribution in [3.8, 4) is 0 Å². The van der Waals surface area contributed by atoms with Gasteiger partial charge in [-0.2, -0.15) is 0 Å². The van der Waals surface area contributed by atoms with Crippen LogP contribution < -0.4 is 0 Å². The van der Waals surface area contributed by atoms with Gasteiger partial charge in [-0.25, -0.2) is 5.06 Å². The largest absolute Gasteiger partial charge is 0.272 e. The molecule has 0 saturated carbocycles. The van der Waals surface area contributed by atoms with E-state index in [1.807, 2.05) is 48.5 Å². The van der Waals surface area contributed by atoms with Crippen LogP contribution in [0.3, 0.4) is 0 Å². The summed E-state index contributed by atoms with van der Waals surface area (Å²) in [5.41, 5.74) is 2.38. The highest BCUT2D eigenvalue weighted by atomic mass is 16.7. The Bertz CT molecular complexity index is 573. The standard InChI is InChI=1S/C20H23NO2/c1-2-19-18(14-13-16-9-5-3-6-10-16)20(22)21(19)23-15-17-11-7-4-8-12-17/h3-12,18-19H,2,13-15H2,1H3/t18-,19-/m1/s1. The normalized spacial score (nSPS) is 20.4. The summed E-state index contributed by atoms with van der Waals surface area (Å²) in [5, 5.41) is 1.59. The predicted octanol–water partition coefficient (Wildman–Crippen LogP) is 3.99. The number of aryl methyl sites for hydroxylation is 1. The highest BCUT2D eigenvalue weighted by molar-refractivity contribution is 5.84. The Morgan fingerprint density at radius 3 is 2.17 bits per heavy atom. The first-order chi connectivity index (χ1) is 11.3. The molecule has 3 heteroatoms. The van der Waals surface area contributed by atoms with E-state index in [0.717, 1.165) is 24.8 Å². The zero-order valence-corrected chi connectivity index (χ0v) is 13.5. The van der Waals surface area contributed by atoms with Gasteiger partial charge in [0.2, 0.25) is 0 Å². The highest BCUT2D eigenvalue weighted by Crippen LogP contribution is 2.33. The van der Waals surface area contributed by atoms with Gasteiger partial charge in [0.05, 0.1) is 12.0 Å². The van der Waals surface area contributed by atoms with E-state index in [2.05, 4.69) is 19.1 Å². The molecule has 0 aromatic heterocycles. The molecule has 2 atom stereocenters. The van der Waals surface area contributed by atoms with Gasteiger partial charge in [-0.3, -0.25) is 9.63 Å². The van der Waals surface area contributed by atoms with Gasteiger partial charge in [0.1, 0.15) is 6.61 Å². The molecule has 23 heavy (non-hydrogen) atoms. The lowest BCUT2D eigenvalue weighted by Gasteiger charge is -2.45. The molecule has 0 N–H and O–H groups in total. The zero-order valence-electron chi connectivity index (χ0n) is 13.5. The first kappa shape index (κ1) is 15.8. The first-order valence-corrected chi connectivity index (χ1v) is 8.33. The third-order valence-corrected chi connectivity index (χ3v) is 4.52. The lowest BCUT2D eigenvalue weighted by atomic mass is 9.83. The van der Waals surface area contributed by atoms with Crippen LogP contribution in [0, 0.1) is 5.92 Å². The Morgan fingerprint density at radius 1 is 0.957 bits per heavy atom. The molecule has 1 saturated heterocycles. The Morgan fingerprint density at radius 2 is 1.57 bits per heavy atom. The number of hydrogen-bond acceptors (Lipinski definition) is 2. The van der Waals surface area contributed by atoms with Crippen LogP contribution in [0.4, 0.5) is 0 Å². The number of carbonyl (C=O) groups is 1. The van der Waals surface area contributed by atoms with Crippen molar-refractivity contribution in [2.24, 2.45) is 5.92 Å². The number of benzene rings is 2.